The molecule has 6 nitrogen and oxygen atoms in total. The number of ether oxygens (including phenoxy) is 1. The molecule has 3 aromatic rings. The minimum atomic E-state index is -0.574. The third-order valence-corrected chi connectivity index (χ3v) is 4.94. The van der Waals surface area contributed by atoms with Crippen molar-refractivity contribution in [3.8, 4) is 5.75 Å². The average molecular weight is 422 g/mol. The van der Waals surface area contributed by atoms with Crippen molar-refractivity contribution >= 4 is 29.1 Å². The van der Waals surface area contributed by atoms with Crippen LogP contribution in [0.4, 0.5) is 5.69 Å². The van der Waals surface area contributed by atoms with Crippen LogP contribution in [0.2, 0.25) is 5.02 Å². The predicted octanol–water partition coefficient (Wildman–Crippen LogP) is 4.33. The average Bonchev–Trinajstić information content (AvgIpc) is 2.75. The first-order chi connectivity index (χ1) is 14.5. The lowest BCUT2D eigenvalue weighted by molar-refractivity contribution is -0.127. The summed E-state index contributed by atoms with van der Waals surface area (Å²) in [5, 5.41) is 5.01. The zero-order chi connectivity index (χ0) is 21.1. The molecule has 0 fully saturated rings. The number of rotatable bonds is 5. The van der Waals surface area contributed by atoms with Gasteiger partial charge in [-0.1, -0.05) is 54.1 Å². The summed E-state index contributed by atoms with van der Waals surface area (Å²) in [5.74, 6) is -0.216. The third kappa shape index (κ3) is 4.23. The van der Waals surface area contributed by atoms with E-state index in [-0.39, 0.29) is 12.5 Å². The van der Waals surface area contributed by atoms with Crippen LogP contribution in [-0.4, -0.2) is 23.4 Å². The first-order valence-electron chi connectivity index (χ1n) is 9.45. The highest BCUT2D eigenvalue weighted by atomic mass is 35.5. The van der Waals surface area contributed by atoms with E-state index in [2.05, 4.69) is 10.7 Å². The molecule has 1 atom stereocenters. The minimum absolute atomic E-state index is 0.225. The van der Waals surface area contributed by atoms with Crippen molar-refractivity contribution in [2.75, 3.05) is 11.9 Å². The molecule has 2 amide bonds. The summed E-state index contributed by atoms with van der Waals surface area (Å²) in [6.07, 6.45) is -0.574. The highest BCUT2D eigenvalue weighted by molar-refractivity contribution is 6.31. The molecule has 2 N–H and O–H groups in total. The Bertz CT molecular complexity index is 1090. The number of hydrogen-bond donors (Lipinski definition) is 2. The quantitative estimate of drug-likeness (QED) is 0.643. The van der Waals surface area contributed by atoms with E-state index in [0.29, 0.717) is 22.0 Å². The van der Waals surface area contributed by atoms with Gasteiger partial charge in [0.15, 0.2) is 6.61 Å². The summed E-state index contributed by atoms with van der Waals surface area (Å²) in [7, 11) is 0. The highest BCUT2D eigenvalue weighted by Gasteiger charge is 2.34. The lowest BCUT2D eigenvalue weighted by Gasteiger charge is -2.37. The third-order valence-electron chi connectivity index (χ3n) is 4.70. The van der Waals surface area contributed by atoms with Crippen molar-refractivity contribution in [3.05, 3.63) is 94.5 Å². The highest BCUT2D eigenvalue weighted by Crippen LogP contribution is 2.33. The molecule has 1 unspecified atom stereocenters. The maximum Gasteiger partial charge on any atom is 0.276 e. The van der Waals surface area contributed by atoms with Gasteiger partial charge in [0.1, 0.15) is 11.9 Å². The van der Waals surface area contributed by atoms with Crippen LogP contribution in [0.15, 0.2) is 72.8 Å². The summed E-state index contributed by atoms with van der Waals surface area (Å²) in [6.45, 7) is 1.72. The van der Waals surface area contributed by atoms with Gasteiger partial charge in [-0.05, 0) is 48.4 Å². The molecule has 0 saturated heterocycles. The van der Waals surface area contributed by atoms with E-state index in [0.717, 1.165) is 11.1 Å². The van der Waals surface area contributed by atoms with E-state index in [1.165, 1.54) is 5.01 Å². The smallest absolute Gasteiger partial charge is 0.276 e. The van der Waals surface area contributed by atoms with Crippen LogP contribution in [0.3, 0.4) is 0 Å². The van der Waals surface area contributed by atoms with Gasteiger partial charge >= 0.3 is 0 Å². The fourth-order valence-electron chi connectivity index (χ4n) is 3.28. The fraction of sp³-hybridized carbons (Fsp3) is 0.130. The van der Waals surface area contributed by atoms with Gasteiger partial charge in [-0.2, -0.15) is 0 Å². The van der Waals surface area contributed by atoms with Gasteiger partial charge in [0.25, 0.3) is 11.8 Å². The van der Waals surface area contributed by atoms with Gasteiger partial charge < -0.3 is 10.1 Å². The van der Waals surface area contributed by atoms with E-state index in [1.54, 1.807) is 24.3 Å². The molecule has 1 aliphatic heterocycles. The maximum absolute atomic E-state index is 13.2. The fourth-order valence-corrected chi connectivity index (χ4v) is 3.45. The second kappa shape index (κ2) is 8.47. The molecular weight excluding hydrogens is 402 g/mol. The Morgan fingerprint density at radius 2 is 1.90 bits per heavy atom. The molecule has 1 heterocycles. The molecule has 0 spiro atoms. The predicted molar refractivity (Wildman–Crippen MR) is 115 cm³/mol. The van der Waals surface area contributed by atoms with E-state index in [4.69, 9.17) is 16.3 Å². The molecule has 0 aliphatic carbocycles. The van der Waals surface area contributed by atoms with Crippen molar-refractivity contribution in [3.63, 3.8) is 0 Å². The van der Waals surface area contributed by atoms with Crippen LogP contribution in [0, 0.1) is 6.92 Å². The van der Waals surface area contributed by atoms with Crippen molar-refractivity contribution in [2.45, 2.75) is 13.1 Å². The molecule has 0 saturated carbocycles. The Morgan fingerprint density at radius 3 is 2.67 bits per heavy atom. The number of aryl methyl sites for hydroxylation is 1. The number of amides is 2. The molecule has 7 heteroatoms. The topological polar surface area (TPSA) is 70.7 Å². The second-order valence-electron chi connectivity index (χ2n) is 6.96. The number of hydrazine groups is 1. The zero-order valence-corrected chi connectivity index (χ0v) is 17.0. The summed E-state index contributed by atoms with van der Waals surface area (Å²) < 4.78 is 5.56. The van der Waals surface area contributed by atoms with Gasteiger partial charge in [-0.15, -0.1) is 0 Å². The molecule has 0 bridgehead atoms. The Hall–Kier alpha value is -3.51. The number of nitrogens with one attached hydrogen (secondary N) is 2. The van der Waals surface area contributed by atoms with Crippen molar-refractivity contribution in [1.82, 2.24) is 10.4 Å². The lowest BCUT2D eigenvalue weighted by atomic mass is 10.0. The Kier molecular flexibility index (Phi) is 5.59. The number of fused-ring (bicyclic) bond motifs is 1. The van der Waals surface area contributed by atoms with Crippen LogP contribution < -0.4 is 15.5 Å². The van der Waals surface area contributed by atoms with Crippen molar-refractivity contribution < 1.29 is 14.3 Å². The number of hydrogen-bond acceptors (Lipinski definition) is 4. The number of carbonyl (C=O) groups excluding carboxylic acids is 2. The second-order valence-corrected chi connectivity index (χ2v) is 7.40. The summed E-state index contributed by atoms with van der Waals surface area (Å²) in [4.78, 5) is 25.8. The van der Waals surface area contributed by atoms with Crippen molar-refractivity contribution in [1.29, 1.82) is 0 Å². The SMILES string of the molecule is Cc1cccc(OCC(=O)NN2C(=O)c3cc(Cl)ccc3NC2c2ccccc2)c1. The molecule has 30 heavy (non-hydrogen) atoms. The number of halogens is 1. The van der Waals surface area contributed by atoms with Crippen LogP contribution in [0.25, 0.3) is 0 Å². The lowest BCUT2D eigenvalue weighted by Crippen LogP contribution is -2.53. The molecule has 0 aromatic heterocycles. The van der Waals surface area contributed by atoms with E-state index >= 15 is 0 Å². The van der Waals surface area contributed by atoms with Gasteiger partial charge in [-0.3, -0.25) is 15.0 Å². The van der Waals surface area contributed by atoms with E-state index in [1.807, 2.05) is 55.5 Å². The standard InChI is InChI=1S/C23H20ClN3O3/c1-15-6-5-9-18(12-15)30-14-21(28)26-27-22(16-7-3-2-4-8-16)25-20-11-10-17(24)13-19(20)23(27)29/h2-13,22,25H,14H2,1H3,(H,26,28). The minimum Gasteiger partial charge on any atom is -0.484 e. The molecule has 1 aliphatic rings. The summed E-state index contributed by atoms with van der Waals surface area (Å²) >= 11 is 6.07. The zero-order valence-electron chi connectivity index (χ0n) is 16.3. The summed E-state index contributed by atoms with van der Waals surface area (Å²) in [5.41, 5.74) is 5.57. The number of anilines is 1. The monoisotopic (exact) mass is 421 g/mol. The van der Waals surface area contributed by atoms with Gasteiger partial charge in [0.05, 0.1) is 5.56 Å². The van der Waals surface area contributed by atoms with Gasteiger partial charge in [0, 0.05) is 10.7 Å². The van der Waals surface area contributed by atoms with Crippen LogP contribution in [-0.2, 0) is 4.79 Å². The number of nitrogens with zero attached hydrogens (tertiary/aromatic N) is 1. The summed E-state index contributed by atoms with van der Waals surface area (Å²) in [6, 6.07) is 21.9. The molecule has 0 radical (unpaired) electrons. The Labute approximate surface area is 179 Å². The van der Waals surface area contributed by atoms with Crippen LogP contribution in [0.5, 0.6) is 5.75 Å². The largest absolute Gasteiger partial charge is 0.484 e. The van der Waals surface area contributed by atoms with Crippen LogP contribution >= 0.6 is 11.6 Å². The normalized spacial score (nSPS) is 15.2. The Morgan fingerprint density at radius 1 is 1.10 bits per heavy atom. The van der Waals surface area contributed by atoms with Crippen molar-refractivity contribution in [2.24, 2.45) is 0 Å². The molecular formula is C23H20ClN3O3. The van der Waals surface area contributed by atoms with Gasteiger partial charge in [0.2, 0.25) is 0 Å². The molecule has 3 aromatic carbocycles. The van der Waals surface area contributed by atoms with E-state index in [9.17, 15) is 9.59 Å². The first kappa shape index (κ1) is 19.8. The first-order valence-corrected chi connectivity index (χ1v) is 9.82. The molecule has 152 valence electrons. The number of benzene rings is 3. The Balaban J connectivity index is 1.56. The van der Waals surface area contributed by atoms with Crippen LogP contribution in [0.1, 0.15) is 27.7 Å². The van der Waals surface area contributed by atoms with Gasteiger partial charge in [-0.25, -0.2) is 5.01 Å². The maximum atomic E-state index is 13.2. The number of carbonyl (C=O) groups is 2. The van der Waals surface area contributed by atoms with E-state index < -0.39 is 12.1 Å². The molecule has 4 rings (SSSR count).